The summed E-state index contributed by atoms with van der Waals surface area (Å²) in [5.41, 5.74) is 2.02. The summed E-state index contributed by atoms with van der Waals surface area (Å²) in [7, 11) is 1.63. The van der Waals surface area contributed by atoms with Crippen LogP contribution in [0.1, 0.15) is 30.2 Å². The summed E-state index contributed by atoms with van der Waals surface area (Å²) >= 11 is 1.57. The molecule has 3 rings (SSSR count). The van der Waals surface area contributed by atoms with Crippen LogP contribution >= 0.6 is 11.8 Å². The number of hydrogen-bond acceptors (Lipinski definition) is 5. The minimum absolute atomic E-state index is 0.00464. The molecule has 0 fully saturated rings. The van der Waals surface area contributed by atoms with E-state index >= 15 is 0 Å². The fraction of sp³-hybridized carbons (Fsp3) is 0.412. The van der Waals surface area contributed by atoms with Crippen LogP contribution in [-0.4, -0.2) is 35.6 Å². The van der Waals surface area contributed by atoms with Gasteiger partial charge in [-0.25, -0.2) is 0 Å². The van der Waals surface area contributed by atoms with Gasteiger partial charge in [0.15, 0.2) is 11.5 Å². The van der Waals surface area contributed by atoms with Crippen molar-refractivity contribution in [2.75, 3.05) is 24.8 Å². The highest BCUT2D eigenvalue weighted by molar-refractivity contribution is 8.00. The fourth-order valence-corrected chi connectivity index (χ4v) is 3.61. The van der Waals surface area contributed by atoms with Crippen LogP contribution in [0.15, 0.2) is 24.4 Å². The van der Waals surface area contributed by atoms with E-state index in [9.17, 15) is 4.79 Å². The lowest BCUT2D eigenvalue weighted by Gasteiger charge is -2.18. The lowest BCUT2D eigenvalue weighted by molar-refractivity contribution is -0.113. The molecule has 1 atom stereocenters. The molecule has 1 amide bonds. The Balaban J connectivity index is 1.94. The van der Waals surface area contributed by atoms with Crippen LogP contribution < -0.4 is 14.8 Å². The molecular formula is C17H21N3O3S. The summed E-state index contributed by atoms with van der Waals surface area (Å²) in [5, 5.41) is 9.77. The number of methoxy groups -OCH3 is 1. The van der Waals surface area contributed by atoms with Gasteiger partial charge in [0.05, 0.1) is 30.9 Å². The number of thioether (sulfide) groups is 1. The SMILES string of the molecule is COc1ccc(C2SCC(=O)Nc3[nH]ncc32)cc1OCC(C)C. The minimum Gasteiger partial charge on any atom is -0.493 e. The van der Waals surface area contributed by atoms with Crippen molar-refractivity contribution in [3.05, 3.63) is 35.5 Å². The highest BCUT2D eigenvalue weighted by Gasteiger charge is 2.26. The molecule has 1 aliphatic heterocycles. The van der Waals surface area contributed by atoms with E-state index in [1.54, 1.807) is 25.1 Å². The molecule has 0 saturated heterocycles. The lowest BCUT2D eigenvalue weighted by Crippen LogP contribution is -2.12. The van der Waals surface area contributed by atoms with Crippen LogP contribution in [0.2, 0.25) is 0 Å². The van der Waals surface area contributed by atoms with Gasteiger partial charge in [-0.05, 0) is 23.6 Å². The van der Waals surface area contributed by atoms with E-state index < -0.39 is 0 Å². The Morgan fingerprint density at radius 1 is 1.38 bits per heavy atom. The Hall–Kier alpha value is -2.15. The van der Waals surface area contributed by atoms with E-state index in [4.69, 9.17) is 9.47 Å². The number of aromatic nitrogens is 2. The lowest BCUT2D eigenvalue weighted by atomic mass is 10.1. The first-order valence-electron chi connectivity index (χ1n) is 7.84. The molecule has 0 spiro atoms. The van der Waals surface area contributed by atoms with Gasteiger partial charge in [0, 0.05) is 5.56 Å². The van der Waals surface area contributed by atoms with E-state index in [2.05, 4.69) is 29.4 Å². The number of amides is 1. The first kappa shape index (κ1) is 16.7. The zero-order valence-corrected chi connectivity index (χ0v) is 14.8. The molecule has 128 valence electrons. The molecule has 1 aliphatic rings. The van der Waals surface area contributed by atoms with E-state index in [0.29, 0.717) is 29.8 Å². The number of H-pyrrole nitrogens is 1. The normalized spacial score (nSPS) is 17.2. The second-order valence-electron chi connectivity index (χ2n) is 6.05. The molecule has 2 heterocycles. The van der Waals surface area contributed by atoms with E-state index in [1.807, 2.05) is 18.2 Å². The summed E-state index contributed by atoms with van der Waals surface area (Å²) in [4.78, 5) is 11.8. The maximum absolute atomic E-state index is 11.8. The molecule has 7 heteroatoms. The Morgan fingerprint density at radius 2 is 2.21 bits per heavy atom. The van der Waals surface area contributed by atoms with Crippen molar-refractivity contribution in [3.63, 3.8) is 0 Å². The summed E-state index contributed by atoms with van der Waals surface area (Å²) in [6, 6.07) is 5.90. The standard InChI is InChI=1S/C17H21N3O3S/c1-10(2)8-23-14-6-11(4-5-13(14)22-3)16-12-7-18-20-17(12)19-15(21)9-24-16/h4-7,10,16H,8-9H2,1-3H3,(H2,18,19,20,21). The van der Waals surface area contributed by atoms with Crippen LogP contribution in [0.4, 0.5) is 5.82 Å². The second kappa shape index (κ2) is 7.17. The topological polar surface area (TPSA) is 76.2 Å². The van der Waals surface area contributed by atoms with E-state index in [0.717, 1.165) is 16.9 Å². The largest absolute Gasteiger partial charge is 0.493 e. The second-order valence-corrected chi connectivity index (χ2v) is 7.15. The Kier molecular flexibility index (Phi) is 4.99. The number of benzene rings is 1. The Labute approximate surface area is 145 Å². The van der Waals surface area contributed by atoms with Gasteiger partial charge in [-0.15, -0.1) is 11.8 Å². The van der Waals surface area contributed by atoms with Gasteiger partial charge in [-0.3, -0.25) is 9.89 Å². The third-order valence-electron chi connectivity index (χ3n) is 3.66. The highest BCUT2D eigenvalue weighted by atomic mass is 32.2. The van der Waals surface area contributed by atoms with Gasteiger partial charge in [-0.2, -0.15) is 5.10 Å². The molecule has 6 nitrogen and oxygen atoms in total. The third kappa shape index (κ3) is 3.51. The molecule has 1 aromatic carbocycles. The van der Waals surface area contributed by atoms with Gasteiger partial charge < -0.3 is 14.8 Å². The number of hydrogen-bond donors (Lipinski definition) is 2. The van der Waals surface area contributed by atoms with Crippen LogP contribution in [0, 0.1) is 5.92 Å². The number of ether oxygens (including phenoxy) is 2. The number of rotatable bonds is 5. The summed E-state index contributed by atoms with van der Waals surface area (Å²) in [6.45, 7) is 4.83. The summed E-state index contributed by atoms with van der Waals surface area (Å²) in [5.74, 6) is 2.88. The van der Waals surface area contributed by atoms with Crippen LogP contribution in [0.25, 0.3) is 0 Å². The maximum atomic E-state index is 11.8. The molecule has 0 aliphatic carbocycles. The van der Waals surface area contributed by atoms with Crippen molar-refractivity contribution in [1.29, 1.82) is 0 Å². The molecule has 0 bridgehead atoms. The predicted molar refractivity (Wildman–Crippen MR) is 94.8 cm³/mol. The van der Waals surface area contributed by atoms with Gasteiger partial charge >= 0.3 is 0 Å². The fourth-order valence-electron chi connectivity index (χ4n) is 2.52. The number of aromatic amines is 1. The molecule has 1 aromatic heterocycles. The summed E-state index contributed by atoms with van der Waals surface area (Å²) in [6.07, 6.45) is 1.76. The first-order valence-corrected chi connectivity index (χ1v) is 8.88. The van der Waals surface area contributed by atoms with Crippen LogP contribution in [0.5, 0.6) is 11.5 Å². The Bertz CT molecular complexity index is 730. The number of nitrogens with zero attached hydrogens (tertiary/aromatic N) is 1. The number of fused-ring (bicyclic) bond motifs is 1. The van der Waals surface area contributed by atoms with Crippen molar-refractivity contribution in [3.8, 4) is 11.5 Å². The third-order valence-corrected chi connectivity index (χ3v) is 4.95. The first-order chi connectivity index (χ1) is 11.6. The maximum Gasteiger partial charge on any atom is 0.235 e. The molecule has 2 N–H and O–H groups in total. The van der Waals surface area contributed by atoms with Gasteiger partial charge in [0.2, 0.25) is 5.91 Å². The van der Waals surface area contributed by atoms with Crippen molar-refractivity contribution >= 4 is 23.5 Å². The number of carbonyl (C=O) groups excluding carboxylic acids is 1. The average molecular weight is 347 g/mol. The molecule has 24 heavy (non-hydrogen) atoms. The quantitative estimate of drug-likeness (QED) is 0.868. The Morgan fingerprint density at radius 3 is 2.96 bits per heavy atom. The predicted octanol–water partition coefficient (Wildman–Crippen LogP) is 3.23. The van der Waals surface area contributed by atoms with Crippen molar-refractivity contribution in [1.82, 2.24) is 10.2 Å². The van der Waals surface area contributed by atoms with Crippen molar-refractivity contribution in [2.45, 2.75) is 19.1 Å². The number of anilines is 1. The van der Waals surface area contributed by atoms with Gasteiger partial charge in [0.25, 0.3) is 0 Å². The monoisotopic (exact) mass is 347 g/mol. The van der Waals surface area contributed by atoms with Gasteiger partial charge in [-0.1, -0.05) is 19.9 Å². The van der Waals surface area contributed by atoms with Crippen molar-refractivity contribution in [2.24, 2.45) is 5.92 Å². The highest BCUT2D eigenvalue weighted by Crippen LogP contribution is 2.43. The molecule has 0 radical (unpaired) electrons. The van der Waals surface area contributed by atoms with Crippen LogP contribution in [-0.2, 0) is 4.79 Å². The zero-order chi connectivity index (χ0) is 17.1. The molecule has 2 aromatic rings. The zero-order valence-electron chi connectivity index (χ0n) is 14.0. The van der Waals surface area contributed by atoms with Crippen molar-refractivity contribution < 1.29 is 14.3 Å². The number of nitrogens with one attached hydrogen (secondary N) is 2. The van der Waals surface area contributed by atoms with E-state index in [-0.39, 0.29) is 11.2 Å². The number of carbonyl (C=O) groups is 1. The molecular weight excluding hydrogens is 326 g/mol. The van der Waals surface area contributed by atoms with Crippen LogP contribution in [0.3, 0.4) is 0 Å². The van der Waals surface area contributed by atoms with Gasteiger partial charge in [0.1, 0.15) is 5.82 Å². The summed E-state index contributed by atoms with van der Waals surface area (Å²) < 4.78 is 11.3. The van der Waals surface area contributed by atoms with E-state index in [1.165, 1.54) is 0 Å². The smallest absolute Gasteiger partial charge is 0.235 e. The molecule has 0 saturated carbocycles. The minimum atomic E-state index is -0.0298. The molecule has 1 unspecified atom stereocenters. The average Bonchev–Trinajstić information content (AvgIpc) is 2.94.